The van der Waals surface area contributed by atoms with Crippen LogP contribution >= 0.6 is 0 Å². The lowest BCUT2D eigenvalue weighted by Crippen LogP contribution is -2.31. The number of aryl methyl sites for hydroxylation is 1. The van der Waals surface area contributed by atoms with Crippen molar-refractivity contribution in [2.45, 2.75) is 32.6 Å². The Bertz CT molecular complexity index is 668. The summed E-state index contributed by atoms with van der Waals surface area (Å²) in [5.41, 5.74) is 1.72. The number of benzene rings is 1. The molecule has 2 heterocycles. The van der Waals surface area contributed by atoms with Gasteiger partial charge >= 0.3 is 0 Å². The van der Waals surface area contributed by atoms with Crippen LogP contribution in [0.25, 0.3) is 11.4 Å². The number of nitrogens with zero attached hydrogens (tertiary/aromatic N) is 2. The molecule has 1 aliphatic rings. The SMILES string of the molecule is CCCc1cc(NCC2CCNCC2)nc(-c2cccc(F)c2)n1. The number of rotatable bonds is 6. The highest BCUT2D eigenvalue weighted by atomic mass is 19.1. The Balaban J connectivity index is 1.79. The van der Waals surface area contributed by atoms with E-state index in [1.54, 1.807) is 6.07 Å². The molecule has 1 aliphatic heterocycles. The molecule has 2 N–H and O–H groups in total. The molecular formula is C19H25FN4. The van der Waals surface area contributed by atoms with Gasteiger partial charge in [-0.25, -0.2) is 14.4 Å². The van der Waals surface area contributed by atoms with Crippen molar-refractivity contribution < 1.29 is 4.39 Å². The van der Waals surface area contributed by atoms with Gasteiger partial charge in [-0.15, -0.1) is 0 Å². The number of aromatic nitrogens is 2. The molecule has 0 bridgehead atoms. The van der Waals surface area contributed by atoms with Gasteiger partial charge in [0.25, 0.3) is 0 Å². The fourth-order valence-corrected chi connectivity index (χ4v) is 3.06. The maximum Gasteiger partial charge on any atom is 0.161 e. The summed E-state index contributed by atoms with van der Waals surface area (Å²) in [6.07, 6.45) is 4.30. The highest BCUT2D eigenvalue weighted by Gasteiger charge is 2.14. The number of anilines is 1. The second kappa shape index (κ2) is 8.20. The fourth-order valence-electron chi connectivity index (χ4n) is 3.06. The minimum Gasteiger partial charge on any atom is -0.370 e. The number of hydrogen-bond acceptors (Lipinski definition) is 4. The minimum atomic E-state index is -0.263. The molecule has 4 nitrogen and oxygen atoms in total. The summed E-state index contributed by atoms with van der Waals surface area (Å²) in [4.78, 5) is 9.21. The van der Waals surface area contributed by atoms with Crippen LogP contribution in [0.1, 0.15) is 31.9 Å². The highest BCUT2D eigenvalue weighted by Crippen LogP contribution is 2.20. The topological polar surface area (TPSA) is 49.8 Å². The quantitative estimate of drug-likeness (QED) is 0.850. The number of hydrogen-bond donors (Lipinski definition) is 2. The predicted octanol–water partition coefficient (Wildman–Crippen LogP) is 3.65. The summed E-state index contributed by atoms with van der Waals surface area (Å²) in [5, 5.41) is 6.85. The molecule has 1 aromatic heterocycles. The molecule has 3 rings (SSSR count). The maximum absolute atomic E-state index is 13.5. The zero-order valence-electron chi connectivity index (χ0n) is 14.2. The first-order chi connectivity index (χ1) is 11.7. The van der Waals surface area contributed by atoms with Crippen molar-refractivity contribution in [1.29, 1.82) is 0 Å². The first-order valence-electron chi connectivity index (χ1n) is 8.83. The van der Waals surface area contributed by atoms with Crippen LogP contribution in [0.15, 0.2) is 30.3 Å². The Morgan fingerprint density at radius 3 is 2.79 bits per heavy atom. The van der Waals surface area contributed by atoms with Gasteiger partial charge in [0.2, 0.25) is 0 Å². The van der Waals surface area contributed by atoms with Gasteiger partial charge in [-0.3, -0.25) is 0 Å². The molecule has 24 heavy (non-hydrogen) atoms. The predicted molar refractivity (Wildman–Crippen MR) is 95.5 cm³/mol. The van der Waals surface area contributed by atoms with E-state index in [4.69, 9.17) is 0 Å². The molecule has 1 saturated heterocycles. The highest BCUT2D eigenvalue weighted by molar-refractivity contribution is 5.57. The fraction of sp³-hybridized carbons (Fsp3) is 0.474. The van der Waals surface area contributed by atoms with Crippen LogP contribution < -0.4 is 10.6 Å². The van der Waals surface area contributed by atoms with Gasteiger partial charge in [0.1, 0.15) is 11.6 Å². The lowest BCUT2D eigenvalue weighted by molar-refractivity contribution is 0.389. The van der Waals surface area contributed by atoms with Gasteiger partial charge in [0, 0.05) is 23.9 Å². The third-order valence-electron chi connectivity index (χ3n) is 4.40. The van der Waals surface area contributed by atoms with Crippen molar-refractivity contribution in [2.75, 3.05) is 25.0 Å². The summed E-state index contributed by atoms with van der Waals surface area (Å²) in [6, 6.07) is 8.50. The average molecular weight is 328 g/mol. The summed E-state index contributed by atoms with van der Waals surface area (Å²) in [6.45, 7) is 5.23. The zero-order chi connectivity index (χ0) is 16.8. The van der Waals surface area contributed by atoms with E-state index in [1.165, 1.54) is 25.0 Å². The lowest BCUT2D eigenvalue weighted by Gasteiger charge is -2.23. The summed E-state index contributed by atoms with van der Waals surface area (Å²) < 4.78 is 13.5. The van der Waals surface area contributed by atoms with E-state index in [2.05, 4.69) is 27.5 Å². The van der Waals surface area contributed by atoms with Crippen molar-refractivity contribution in [3.05, 3.63) is 41.8 Å². The van der Waals surface area contributed by atoms with Crippen LogP contribution in [0, 0.1) is 11.7 Å². The Morgan fingerprint density at radius 1 is 1.21 bits per heavy atom. The van der Waals surface area contributed by atoms with Crippen molar-refractivity contribution in [1.82, 2.24) is 15.3 Å². The number of halogens is 1. The molecule has 128 valence electrons. The molecule has 0 amide bonds. The van der Waals surface area contributed by atoms with Crippen molar-refractivity contribution in [3.63, 3.8) is 0 Å². The van der Waals surface area contributed by atoms with E-state index in [0.717, 1.165) is 49.6 Å². The second-order valence-corrected chi connectivity index (χ2v) is 6.40. The molecule has 0 unspecified atom stereocenters. The van der Waals surface area contributed by atoms with E-state index in [0.29, 0.717) is 11.7 Å². The molecule has 0 atom stereocenters. The van der Waals surface area contributed by atoms with Gasteiger partial charge in [-0.05, 0) is 50.4 Å². The Kier molecular flexibility index (Phi) is 5.75. The first-order valence-corrected chi connectivity index (χ1v) is 8.83. The van der Waals surface area contributed by atoms with Gasteiger partial charge in [0.15, 0.2) is 5.82 Å². The molecule has 1 fully saturated rings. The minimum absolute atomic E-state index is 0.263. The molecule has 0 spiro atoms. The molecule has 0 saturated carbocycles. The van der Waals surface area contributed by atoms with Gasteiger partial charge in [-0.1, -0.05) is 25.5 Å². The third kappa shape index (κ3) is 4.51. The summed E-state index contributed by atoms with van der Waals surface area (Å²) in [5.74, 6) is 1.84. The van der Waals surface area contributed by atoms with Crippen molar-refractivity contribution >= 4 is 5.82 Å². The number of piperidine rings is 1. The van der Waals surface area contributed by atoms with Crippen LogP contribution in [-0.2, 0) is 6.42 Å². The van der Waals surface area contributed by atoms with Gasteiger partial charge in [0.05, 0.1) is 0 Å². The Hall–Kier alpha value is -2.01. The normalized spacial score (nSPS) is 15.4. The zero-order valence-corrected chi connectivity index (χ0v) is 14.2. The molecule has 0 radical (unpaired) electrons. The van der Waals surface area contributed by atoms with Crippen LogP contribution in [0.3, 0.4) is 0 Å². The average Bonchev–Trinajstić information content (AvgIpc) is 2.61. The smallest absolute Gasteiger partial charge is 0.161 e. The van der Waals surface area contributed by atoms with E-state index >= 15 is 0 Å². The van der Waals surface area contributed by atoms with E-state index in [1.807, 2.05) is 12.1 Å². The Morgan fingerprint density at radius 2 is 2.04 bits per heavy atom. The largest absolute Gasteiger partial charge is 0.370 e. The molecule has 0 aliphatic carbocycles. The van der Waals surface area contributed by atoms with Gasteiger partial charge in [-0.2, -0.15) is 0 Å². The van der Waals surface area contributed by atoms with Crippen LogP contribution in [0.4, 0.5) is 10.2 Å². The number of nitrogens with one attached hydrogen (secondary N) is 2. The van der Waals surface area contributed by atoms with E-state index < -0.39 is 0 Å². The Labute approximate surface area is 142 Å². The molecule has 5 heteroatoms. The lowest BCUT2D eigenvalue weighted by atomic mass is 9.98. The summed E-state index contributed by atoms with van der Waals surface area (Å²) >= 11 is 0. The summed E-state index contributed by atoms with van der Waals surface area (Å²) in [7, 11) is 0. The van der Waals surface area contributed by atoms with Crippen LogP contribution in [-0.4, -0.2) is 29.6 Å². The third-order valence-corrected chi connectivity index (χ3v) is 4.40. The van der Waals surface area contributed by atoms with E-state index in [-0.39, 0.29) is 5.82 Å². The second-order valence-electron chi connectivity index (χ2n) is 6.40. The van der Waals surface area contributed by atoms with E-state index in [9.17, 15) is 4.39 Å². The molecule has 1 aromatic carbocycles. The van der Waals surface area contributed by atoms with Gasteiger partial charge < -0.3 is 10.6 Å². The monoisotopic (exact) mass is 328 g/mol. The molecule has 2 aromatic rings. The standard InChI is InChI=1S/C19H25FN4/c1-2-4-17-12-18(22-13-14-7-9-21-10-8-14)24-19(23-17)15-5-3-6-16(20)11-15/h3,5-6,11-12,14,21H,2,4,7-10,13H2,1H3,(H,22,23,24). The van der Waals surface area contributed by atoms with Crippen molar-refractivity contribution in [2.24, 2.45) is 5.92 Å². The van der Waals surface area contributed by atoms with Crippen molar-refractivity contribution in [3.8, 4) is 11.4 Å². The first kappa shape index (κ1) is 16.8. The molecular weight excluding hydrogens is 303 g/mol. The maximum atomic E-state index is 13.5. The van der Waals surface area contributed by atoms with Crippen LogP contribution in [0.5, 0.6) is 0 Å². The van der Waals surface area contributed by atoms with Crippen LogP contribution in [0.2, 0.25) is 0 Å².